The molecule has 3 rings (SSSR count). The molecule has 1 amide bonds. The van der Waals surface area contributed by atoms with Crippen LogP contribution < -0.4 is 19.5 Å². The van der Waals surface area contributed by atoms with Gasteiger partial charge in [-0.2, -0.15) is 0 Å². The highest BCUT2D eigenvalue weighted by atomic mass is 16.5. The molecule has 0 spiro atoms. The van der Waals surface area contributed by atoms with Crippen molar-refractivity contribution in [1.29, 1.82) is 0 Å². The number of benzene rings is 1. The van der Waals surface area contributed by atoms with E-state index in [4.69, 9.17) is 14.2 Å². The predicted molar refractivity (Wildman–Crippen MR) is 107 cm³/mol. The molecule has 7 nitrogen and oxygen atoms in total. The number of ether oxygens (including phenoxy) is 3. The maximum Gasteiger partial charge on any atom is 0.244 e. The first kappa shape index (κ1) is 19.3. The number of hydrogen-bond acceptors (Lipinski definition) is 5. The van der Waals surface area contributed by atoms with Crippen molar-refractivity contribution in [1.82, 2.24) is 14.7 Å². The minimum absolute atomic E-state index is 0.220. The second-order valence-electron chi connectivity index (χ2n) is 6.16. The molecule has 2 heterocycles. The lowest BCUT2D eigenvalue weighted by atomic mass is 10.1. The van der Waals surface area contributed by atoms with Crippen LogP contribution in [0.25, 0.3) is 11.7 Å². The van der Waals surface area contributed by atoms with E-state index in [1.165, 1.54) is 6.08 Å². The van der Waals surface area contributed by atoms with Gasteiger partial charge in [0.15, 0.2) is 11.5 Å². The van der Waals surface area contributed by atoms with Gasteiger partial charge in [0.1, 0.15) is 5.65 Å². The molecule has 0 saturated heterocycles. The molecule has 0 radical (unpaired) electrons. The van der Waals surface area contributed by atoms with Gasteiger partial charge >= 0.3 is 0 Å². The molecule has 0 aliphatic rings. The monoisotopic (exact) mass is 381 g/mol. The zero-order valence-electron chi connectivity index (χ0n) is 16.4. The van der Waals surface area contributed by atoms with Crippen LogP contribution in [-0.2, 0) is 11.3 Å². The Bertz CT molecular complexity index is 999. The molecule has 0 aliphatic heterocycles. The number of aryl methyl sites for hydroxylation is 1. The summed E-state index contributed by atoms with van der Waals surface area (Å²) in [5.74, 6) is 1.35. The van der Waals surface area contributed by atoms with Crippen molar-refractivity contribution in [2.75, 3.05) is 21.3 Å². The van der Waals surface area contributed by atoms with Crippen molar-refractivity contribution in [2.45, 2.75) is 13.5 Å². The van der Waals surface area contributed by atoms with E-state index in [9.17, 15) is 4.79 Å². The van der Waals surface area contributed by atoms with Gasteiger partial charge in [0, 0.05) is 18.5 Å². The second kappa shape index (κ2) is 8.47. The smallest absolute Gasteiger partial charge is 0.244 e. The SMILES string of the molecule is COc1cc(C=CC(=O)NCc2cn3cccc(C)c3n2)cc(OC)c1OC. The van der Waals surface area contributed by atoms with Gasteiger partial charge in [-0.05, 0) is 42.3 Å². The number of aromatic nitrogens is 2. The Morgan fingerprint density at radius 2 is 1.89 bits per heavy atom. The van der Waals surface area contributed by atoms with Gasteiger partial charge in [0.25, 0.3) is 0 Å². The summed E-state index contributed by atoms with van der Waals surface area (Å²) in [6.07, 6.45) is 6.99. The van der Waals surface area contributed by atoms with Crippen molar-refractivity contribution in [3.05, 3.63) is 59.6 Å². The molecule has 0 atom stereocenters. The normalized spacial score (nSPS) is 11.0. The van der Waals surface area contributed by atoms with Gasteiger partial charge in [-0.25, -0.2) is 4.98 Å². The number of imidazole rings is 1. The molecule has 0 bridgehead atoms. The lowest BCUT2D eigenvalue weighted by molar-refractivity contribution is -0.116. The van der Waals surface area contributed by atoms with Crippen molar-refractivity contribution < 1.29 is 19.0 Å². The molecule has 28 heavy (non-hydrogen) atoms. The van der Waals surface area contributed by atoms with Crippen LogP contribution >= 0.6 is 0 Å². The van der Waals surface area contributed by atoms with E-state index >= 15 is 0 Å². The van der Waals surface area contributed by atoms with E-state index in [0.29, 0.717) is 23.8 Å². The van der Waals surface area contributed by atoms with Crippen molar-refractivity contribution in [2.24, 2.45) is 0 Å². The third-order valence-corrected chi connectivity index (χ3v) is 4.29. The largest absolute Gasteiger partial charge is 0.493 e. The molecule has 1 aromatic carbocycles. The van der Waals surface area contributed by atoms with E-state index in [2.05, 4.69) is 10.3 Å². The number of carbonyl (C=O) groups is 1. The zero-order valence-corrected chi connectivity index (χ0v) is 16.4. The summed E-state index contributed by atoms with van der Waals surface area (Å²) in [7, 11) is 4.65. The van der Waals surface area contributed by atoms with Gasteiger partial charge < -0.3 is 23.9 Å². The van der Waals surface area contributed by atoms with Crippen LogP contribution in [-0.4, -0.2) is 36.6 Å². The van der Waals surface area contributed by atoms with E-state index in [1.54, 1.807) is 39.5 Å². The molecule has 0 unspecified atom stereocenters. The van der Waals surface area contributed by atoms with E-state index < -0.39 is 0 Å². The zero-order chi connectivity index (χ0) is 20.1. The highest BCUT2D eigenvalue weighted by molar-refractivity contribution is 5.91. The minimum atomic E-state index is -0.220. The van der Waals surface area contributed by atoms with Gasteiger partial charge in [0.05, 0.1) is 33.6 Å². The molecular weight excluding hydrogens is 358 g/mol. The highest BCUT2D eigenvalue weighted by Gasteiger charge is 2.12. The number of nitrogens with one attached hydrogen (secondary N) is 1. The first-order valence-electron chi connectivity index (χ1n) is 8.74. The van der Waals surface area contributed by atoms with Crippen LogP contribution in [0, 0.1) is 6.92 Å². The average molecular weight is 381 g/mol. The Morgan fingerprint density at radius 1 is 1.18 bits per heavy atom. The van der Waals surface area contributed by atoms with Crippen LogP contribution in [0.5, 0.6) is 17.2 Å². The fourth-order valence-corrected chi connectivity index (χ4v) is 2.90. The number of fused-ring (bicyclic) bond motifs is 1. The molecule has 7 heteroatoms. The Morgan fingerprint density at radius 3 is 2.50 bits per heavy atom. The van der Waals surface area contributed by atoms with Crippen molar-refractivity contribution in [3.63, 3.8) is 0 Å². The Hall–Kier alpha value is -3.48. The number of carbonyl (C=O) groups excluding carboxylic acids is 1. The molecule has 0 saturated carbocycles. The number of rotatable bonds is 7. The Kier molecular flexibility index (Phi) is 5.84. The standard InChI is InChI=1S/C21H23N3O4/c1-14-6-5-9-24-13-16(23-21(14)24)12-22-19(25)8-7-15-10-17(26-2)20(28-4)18(11-15)27-3/h5-11,13H,12H2,1-4H3,(H,22,25). The van der Waals surface area contributed by atoms with E-state index in [-0.39, 0.29) is 5.91 Å². The van der Waals surface area contributed by atoms with Crippen LogP contribution in [0.15, 0.2) is 42.7 Å². The Balaban J connectivity index is 1.68. The molecule has 3 aromatic rings. The molecule has 2 aromatic heterocycles. The second-order valence-corrected chi connectivity index (χ2v) is 6.16. The van der Waals surface area contributed by atoms with Crippen LogP contribution in [0.4, 0.5) is 0 Å². The summed E-state index contributed by atoms with van der Waals surface area (Å²) in [5, 5.41) is 2.84. The third-order valence-electron chi connectivity index (χ3n) is 4.29. The predicted octanol–water partition coefficient (Wildman–Crippen LogP) is 3.00. The fraction of sp³-hybridized carbons (Fsp3) is 0.238. The molecule has 0 fully saturated rings. The lowest BCUT2D eigenvalue weighted by Gasteiger charge is -2.12. The molecular formula is C21H23N3O4. The first-order chi connectivity index (χ1) is 13.5. The summed E-state index contributed by atoms with van der Waals surface area (Å²) < 4.78 is 17.9. The number of nitrogens with zero attached hydrogens (tertiary/aromatic N) is 2. The van der Waals surface area contributed by atoms with E-state index in [0.717, 1.165) is 22.5 Å². The van der Waals surface area contributed by atoms with Gasteiger partial charge in [-0.15, -0.1) is 0 Å². The summed E-state index contributed by atoms with van der Waals surface area (Å²) in [4.78, 5) is 16.7. The van der Waals surface area contributed by atoms with Crippen LogP contribution in [0.2, 0.25) is 0 Å². The topological polar surface area (TPSA) is 74.1 Å². The minimum Gasteiger partial charge on any atom is -0.493 e. The maximum absolute atomic E-state index is 12.2. The Labute approximate surface area is 163 Å². The fourth-order valence-electron chi connectivity index (χ4n) is 2.90. The third kappa shape index (κ3) is 4.09. The molecule has 1 N–H and O–H groups in total. The van der Waals surface area contributed by atoms with Gasteiger partial charge in [-0.3, -0.25) is 4.79 Å². The quantitative estimate of drug-likeness (QED) is 0.637. The highest BCUT2D eigenvalue weighted by Crippen LogP contribution is 2.38. The first-order valence-corrected chi connectivity index (χ1v) is 8.74. The average Bonchev–Trinajstić information content (AvgIpc) is 3.14. The summed E-state index contributed by atoms with van der Waals surface area (Å²) in [6.45, 7) is 2.35. The maximum atomic E-state index is 12.2. The van der Waals surface area contributed by atoms with Crippen LogP contribution in [0.3, 0.4) is 0 Å². The summed E-state index contributed by atoms with van der Waals surface area (Å²) >= 11 is 0. The number of methoxy groups -OCH3 is 3. The number of hydrogen-bond donors (Lipinski definition) is 1. The number of pyridine rings is 1. The summed E-state index contributed by atoms with van der Waals surface area (Å²) in [5.41, 5.74) is 3.53. The molecule has 146 valence electrons. The van der Waals surface area contributed by atoms with E-state index in [1.807, 2.05) is 35.9 Å². The van der Waals surface area contributed by atoms with Gasteiger partial charge in [0.2, 0.25) is 11.7 Å². The summed E-state index contributed by atoms with van der Waals surface area (Å²) in [6, 6.07) is 7.52. The number of amides is 1. The van der Waals surface area contributed by atoms with Crippen molar-refractivity contribution >= 4 is 17.6 Å². The lowest BCUT2D eigenvalue weighted by Crippen LogP contribution is -2.20. The van der Waals surface area contributed by atoms with Gasteiger partial charge in [-0.1, -0.05) is 6.07 Å². The molecule has 0 aliphatic carbocycles. The van der Waals surface area contributed by atoms with Crippen molar-refractivity contribution in [3.8, 4) is 17.2 Å². The van der Waals surface area contributed by atoms with Crippen LogP contribution in [0.1, 0.15) is 16.8 Å².